The highest BCUT2D eigenvalue weighted by Gasteiger charge is 2.07. The van der Waals surface area contributed by atoms with Crippen molar-refractivity contribution in [1.29, 1.82) is 5.26 Å². The van der Waals surface area contributed by atoms with E-state index in [9.17, 15) is 4.79 Å². The van der Waals surface area contributed by atoms with E-state index >= 15 is 0 Å². The van der Waals surface area contributed by atoms with Gasteiger partial charge in [-0.05, 0) is 18.2 Å². The van der Waals surface area contributed by atoms with Gasteiger partial charge in [-0.25, -0.2) is 0 Å². The quantitative estimate of drug-likeness (QED) is 0.840. The maximum Gasteiger partial charge on any atom is 0.224 e. The van der Waals surface area contributed by atoms with Crippen LogP contribution in [-0.2, 0) is 4.79 Å². The van der Waals surface area contributed by atoms with Crippen molar-refractivity contribution in [2.75, 3.05) is 11.1 Å². The molecule has 0 spiro atoms. The van der Waals surface area contributed by atoms with E-state index in [1.165, 1.54) is 6.20 Å². The van der Waals surface area contributed by atoms with Crippen molar-refractivity contribution < 1.29 is 4.79 Å². The Balaban J connectivity index is 2.53. The minimum absolute atomic E-state index is 0.0719. The van der Waals surface area contributed by atoms with Gasteiger partial charge in [-0.2, -0.15) is 5.26 Å². The third-order valence-corrected chi connectivity index (χ3v) is 2.63. The Morgan fingerprint density at radius 3 is 3.00 bits per heavy atom. The smallest absolute Gasteiger partial charge is 0.224 e. The number of pyridine rings is 1. The number of anilines is 2. The predicted molar refractivity (Wildman–Crippen MR) is 69.8 cm³/mol. The Bertz CT molecular complexity index is 658. The zero-order chi connectivity index (χ0) is 13.1. The van der Waals surface area contributed by atoms with Gasteiger partial charge in [0, 0.05) is 23.7 Å². The van der Waals surface area contributed by atoms with E-state index in [1.807, 2.05) is 6.07 Å². The molecular formula is C13H12N4O. The molecule has 90 valence electrons. The van der Waals surface area contributed by atoms with E-state index in [1.54, 1.807) is 25.1 Å². The summed E-state index contributed by atoms with van der Waals surface area (Å²) in [5.74, 6) is -0.0719. The number of benzene rings is 1. The number of rotatable bonds is 2. The standard InChI is InChI=1S/C13H12N4O/c1-2-12(18)17-9-3-4-11-10(5-9)13(15)8(6-14)7-16-11/h3-5,7H,2H2,1H3,(H2,15,16)(H,17,18). The van der Waals surface area contributed by atoms with Crippen LogP contribution in [-0.4, -0.2) is 10.9 Å². The average molecular weight is 240 g/mol. The maximum absolute atomic E-state index is 11.3. The van der Waals surface area contributed by atoms with Gasteiger partial charge in [0.05, 0.1) is 16.8 Å². The van der Waals surface area contributed by atoms with E-state index < -0.39 is 0 Å². The number of nitrogens with two attached hydrogens (primary N) is 1. The van der Waals surface area contributed by atoms with Crippen molar-refractivity contribution in [3.63, 3.8) is 0 Å². The zero-order valence-electron chi connectivity index (χ0n) is 9.90. The van der Waals surface area contributed by atoms with E-state index in [-0.39, 0.29) is 5.91 Å². The van der Waals surface area contributed by atoms with Gasteiger partial charge in [0.1, 0.15) is 6.07 Å². The van der Waals surface area contributed by atoms with Gasteiger partial charge in [0.15, 0.2) is 0 Å². The molecule has 0 saturated heterocycles. The summed E-state index contributed by atoms with van der Waals surface area (Å²) in [6.07, 6.45) is 1.85. The van der Waals surface area contributed by atoms with Gasteiger partial charge in [0.25, 0.3) is 0 Å². The van der Waals surface area contributed by atoms with Gasteiger partial charge in [-0.1, -0.05) is 6.92 Å². The SMILES string of the molecule is CCC(=O)Nc1ccc2ncc(C#N)c(N)c2c1. The first-order valence-electron chi connectivity index (χ1n) is 5.54. The van der Waals surface area contributed by atoms with Crippen molar-refractivity contribution in [2.45, 2.75) is 13.3 Å². The van der Waals surface area contributed by atoms with Crippen molar-refractivity contribution in [1.82, 2.24) is 4.98 Å². The molecule has 18 heavy (non-hydrogen) atoms. The number of aromatic nitrogens is 1. The third kappa shape index (κ3) is 2.09. The molecule has 1 aromatic heterocycles. The topological polar surface area (TPSA) is 91.8 Å². The number of hydrogen-bond acceptors (Lipinski definition) is 4. The minimum atomic E-state index is -0.0719. The number of carbonyl (C=O) groups is 1. The predicted octanol–water partition coefficient (Wildman–Crippen LogP) is 2.04. The van der Waals surface area contributed by atoms with Gasteiger partial charge in [-0.15, -0.1) is 0 Å². The molecule has 1 heterocycles. The monoisotopic (exact) mass is 240 g/mol. The number of hydrogen-bond donors (Lipinski definition) is 2. The zero-order valence-corrected chi connectivity index (χ0v) is 9.90. The van der Waals surface area contributed by atoms with E-state index in [2.05, 4.69) is 10.3 Å². The highest BCUT2D eigenvalue weighted by molar-refractivity contribution is 5.98. The van der Waals surface area contributed by atoms with Crippen LogP contribution in [0.25, 0.3) is 10.9 Å². The van der Waals surface area contributed by atoms with Crippen LogP contribution in [0.15, 0.2) is 24.4 Å². The number of amides is 1. The summed E-state index contributed by atoms with van der Waals surface area (Å²) in [4.78, 5) is 15.5. The lowest BCUT2D eigenvalue weighted by Crippen LogP contribution is -2.09. The van der Waals surface area contributed by atoms with Crippen molar-refractivity contribution >= 4 is 28.2 Å². The maximum atomic E-state index is 11.3. The summed E-state index contributed by atoms with van der Waals surface area (Å²) in [5.41, 5.74) is 7.95. The van der Waals surface area contributed by atoms with Gasteiger partial charge >= 0.3 is 0 Å². The minimum Gasteiger partial charge on any atom is -0.397 e. The van der Waals surface area contributed by atoms with E-state index in [0.29, 0.717) is 34.3 Å². The Morgan fingerprint density at radius 2 is 2.33 bits per heavy atom. The van der Waals surface area contributed by atoms with Crippen LogP contribution in [0.4, 0.5) is 11.4 Å². The summed E-state index contributed by atoms with van der Waals surface area (Å²) >= 11 is 0. The fourth-order valence-electron chi connectivity index (χ4n) is 1.63. The second kappa shape index (κ2) is 4.72. The van der Waals surface area contributed by atoms with Crippen LogP contribution in [0.2, 0.25) is 0 Å². The molecule has 0 radical (unpaired) electrons. The normalized spacial score (nSPS) is 10.0. The summed E-state index contributed by atoms with van der Waals surface area (Å²) in [5, 5.41) is 12.3. The Hall–Kier alpha value is -2.61. The van der Waals surface area contributed by atoms with Crippen LogP contribution in [0.1, 0.15) is 18.9 Å². The molecular weight excluding hydrogens is 228 g/mol. The average Bonchev–Trinajstić information content (AvgIpc) is 2.39. The lowest BCUT2D eigenvalue weighted by atomic mass is 10.1. The molecule has 0 saturated carbocycles. The van der Waals surface area contributed by atoms with Crippen LogP contribution < -0.4 is 11.1 Å². The third-order valence-electron chi connectivity index (χ3n) is 2.63. The highest BCUT2D eigenvalue weighted by atomic mass is 16.1. The Kier molecular flexibility index (Phi) is 3.11. The largest absolute Gasteiger partial charge is 0.397 e. The molecule has 0 bridgehead atoms. The molecule has 3 N–H and O–H groups in total. The van der Waals surface area contributed by atoms with Gasteiger partial charge < -0.3 is 11.1 Å². The van der Waals surface area contributed by atoms with Gasteiger partial charge in [0.2, 0.25) is 5.91 Å². The molecule has 0 unspecified atom stereocenters. The summed E-state index contributed by atoms with van der Waals surface area (Å²) < 4.78 is 0. The Morgan fingerprint density at radius 1 is 1.56 bits per heavy atom. The summed E-state index contributed by atoms with van der Waals surface area (Å²) in [7, 11) is 0. The molecule has 1 aromatic carbocycles. The van der Waals surface area contributed by atoms with Crippen LogP contribution in [0, 0.1) is 11.3 Å². The van der Waals surface area contributed by atoms with Gasteiger partial charge in [-0.3, -0.25) is 9.78 Å². The molecule has 0 aliphatic carbocycles. The fourth-order valence-corrected chi connectivity index (χ4v) is 1.63. The van der Waals surface area contributed by atoms with Crippen LogP contribution in [0.3, 0.4) is 0 Å². The molecule has 2 aromatic rings. The number of nitriles is 1. The lowest BCUT2D eigenvalue weighted by Gasteiger charge is -2.07. The molecule has 0 aliphatic heterocycles. The van der Waals surface area contributed by atoms with Crippen molar-refractivity contribution in [2.24, 2.45) is 0 Å². The fraction of sp³-hybridized carbons (Fsp3) is 0.154. The number of nitrogen functional groups attached to an aromatic ring is 1. The lowest BCUT2D eigenvalue weighted by molar-refractivity contribution is -0.115. The van der Waals surface area contributed by atoms with Crippen LogP contribution >= 0.6 is 0 Å². The number of fused-ring (bicyclic) bond motifs is 1. The van der Waals surface area contributed by atoms with Crippen molar-refractivity contribution in [3.05, 3.63) is 30.0 Å². The number of nitrogens with one attached hydrogen (secondary N) is 1. The number of nitrogens with zero attached hydrogens (tertiary/aromatic N) is 2. The molecule has 0 atom stereocenters. The number of carbonyl (C=O) groups excluding carboxylic acids is 1. The molecule has 5 nitrogen and oxygen atoms in total. The molecule has 1 amide bonds. The first kappa shape index (κ1) is 11.9. The molecule has 5 heteroatoms. The van der Waals surface area contributed by atoms with Crippen LogP contribution in [0.5, 0.6) is 0 Å². The first-order chi connectivity index (χ1) is 8.65. The second-order valence-electron chi connectivity index (χ2n) is 3.83. The molecule has 0 fully saturated rings. The Labute approximate surface area is 104 Å². The highest BCUT2D eigenvalue weighted by Crippen LogP contribution is 2.25. The van der Waals surface area contributed by atoms with E-state index in [0.717, 1.165) is 0 Å². The summed E-state index contributed by atoms with van der Waals surface area (Å²) in [6.45, 7) is 1.78. The second-order valence-corrected chi connectivity index (χ2v) is 3.83. The molecule has 2 rings (SSSR count). The molecule has 0 aliphatic rings. The van der Waals surface area contributed by atoms with E-state index in [4.69, 9.17) is 11.0 Å². The van der Waals surface area contributed by atoms with Crippen molar-refractivity contribution in [3.8, 4) is 6.07 Å². The summed E-state index contributed by atoms with van der Waals surface area (Å²) in [6, 6.07) is 7.23. The first-order valence-corrected chi connectivity index (χ1v) is 5.54.